The molecule has 1 amide bonds. The van der Waals surface area contributed by atoms with Gasteiger partial charge in [0, 0.05) is 36.9 Å². The lowest BCUT2D eigenvalue weighted by atomic mass is 9.80. The van der Waals surface area contributed by atoms with Crippen molar-refractivity contribution in [1.29, 1.82) is 0 Å². The van der Waals surface area contributed by atoms with Crippen molar-refractivity contribution in [2.24, 2.45) is 0 Å². The van der Waals surface area contributed by atoms with Crippen molar-refractivity contribution >= 4 is 21.8 Å². The van der Waals surface area contributed by atoms with E-state index in [4.69, 9.17) is 0 Å². The third-order valence-electron chi connectivity index (χ3n) is 7.06. The van der Waals surface area contributed by atoms with Crippen LogP contribution in [0, 0.1) is 0 Å². The smallest absolute Gasteiger partial charge is 0.376 e. The number of benzene rings is 1. The Morgan fingerprint density at radius 3 is 2.08 bits per heavy atom. The summed E-state index contributed by atoms with van der Waals surface area (Å²) in [5, 5.41) is 0. The number of amides is 1. The summed E-state index contributed by atoms with van der Waals surface area (Å²) in [6.45, 7) is 2.54. The van der Waals surface area contributed by atoms with Gasteiger partial charge in [0.25, 0.3) is 11.7 Å². The highest BCUT2D eigenvalue weighted by molar-refractivity contribution is 7.88. The van der Waals surface area contributed by atoms with Crippen LogP contribution < -0.4 is 4.18 Å². The second-order valence-corrected chi connectivity index (χ2v) is 10.9. The van der Waals surface area contributed by atoms with Crippen LogP contribution in [0.1, 0.15) is 52.3 Å². The summed E-state index contributed by atoms with van der Waals surface area (Å²) >= 11 is 0. The molecule has 15 heteroatoms. The van der Waals surface area contributed by atoms with E-state index in [0.717, 1.165) is 24.3 Å². The van der Waals surface area contributed by atoms with Crippen LogP contribution in [0.25, 0.3) is 0 Å². The van der Waals surface area contributed by atoms with Crippen molar-refractivity contribution in [2.75, 3.05) is 26.7 Å². The highest BCUT2D eigenvalue weighted by atomic mass is 32.2. The molecule has 1 aromatic heterocycles. The topological polar surface area (TPSA) is 88.9 Å². The summed E-state index contributed by atoms with van der Waals surface area (Å²) in [6.07, 6.45) is -4.30. The number of nitrogens with zero attached hydrogens (tertiary/aromatic N) is 3. The van der Waals surface area contributed by atoms with Crippen molar-refractivity contribution < 1.29 is 48.5 Å². The van der Waals surface area contributed by atoms with Gasteiger partial charge in [-0.3, -0.25) is 14.5 Å². The van der Waals surface area contributed by atoms with Crippen molar-refractivity contribution in [1.82, 2.24) is 14.4 Å². The SMILES string of the molecule is CC1CN(C)C2(CCN(C(=O)c3ccc(OS(=O)(=O)C(F)(F)F)cc3)CC2)c2ccc(C(=O)C(F)(F)F)n21. The number of ketones is 1. The van der Waals surface area contributed by atoms with Gasteiger partial charge in [0.1, 0.15) is 5.75 Å². The van der Waals surface area contributed by atoms with E-state index in [1.807, 2.05) is 11.9 Å². The average molecular weight is 568 g/mol. The van der Waals surface area contributed by atoms with Gasteiger partial charge in [-0.1, -0.05) is 0 Å². The number of halogens is 6. The summed E-state index contributed by atoms with van der Waals surface area (Å²) in [5.74, 6) is -2.99. The molecule has 4 rings (SSSR count). The second kappa shape index (κ2) is 9.29. The minimum absolute atomic E-state index is 0.0877. The van der Waals surface area contributed by atoms with Crippen LogP contribution in [0.15, 0.2) is 36.4 Å². The zero-order valence-electron chi connectivity index (χ0n) is 20.1. The van der Waals surface area contributed by atoms with E-state index in [2.05, 4.69) is 4.18 Å². The van der Waals surface area contributed by atoms with E-state index in [9.17, 15) is 44.3 Å². The summed E-state index contributed by atoms with van der Waals surface area (Å²) < 4.78 is 105. The molecule has 3 heterocycles. The fraction of sp³-hybridized carbons (Fsp3) is 0.478. The number of Topliss-reactive ketones (excluding diaryl/α,β-unsaturated/α-hetero) is 1. The molecule has 1 saturated heterocycles. The van der Waals surface area contributed by atoms with E-state index >= 15 is 0 Å². The maximum atomic E-state index is 13.2. The highest BCUT2D eigenvalue weighted by Crippen LogP contribution is 2.44. The Bertz CT molecular complexity index is 1340. The summed E-state index contributed by atoms with van der Waals surface area (Å²) in [5.41, 5.74) is -6.09. The van der Waals surface area contributed by atoms with E-state index in [-0.39, 0.29) is 18.7 Å². The van der Waals surface area contributed by atoms with Crippen LogP contribution in [-0.4, -0.2) is 72.8 Å². The average Bonchev–Trinajstić information content (AvgIpc) is 3.27. The van der Waals surface area contributed by atoms with Gasteiger partial charge < -0.3 is 13.7 Å². The van der Waals surface area contributed by atoms with Crippen molar-refractivity contribution in [2.45, 2.75) is 43.0 Å². The van der Waals surface area contributed by atoms with E-state index < -0.39 is 56.5 Å². The van der Waals surface area contributed by atoms with Crippen LogP contribution in [0.3, 0.4) is 0 Å². The molecule has 0 saturated carbocycles. The molecule has 2 aromatic rings. The number of aromatic nitrogens is 1. The molecule has 1 fully saturated rings. The molecule has 1 aromatic carbocycles. The third kappa shape index (κ3) is 4.77. The molecule has 1 atom stereocenters. The predicted octanol–water partition coefficient (Wildman–Crippen LogP) is 4.10. The number of hydrogen-bond donors (Lipinski definition) is 0. The molecule has 8 nitrogen and oxygen atoms in total. The first-order chi connectivity index (χ1) is 17.5. The number of rotatable bonds is 4. The number of piperidine rings is 1. The molecular formula is C23H23F6N3O5S. The zero-order valence-corrected chi connectivity index (χ0v) is 21.0. The van der Waals surface area contributed by atoms with Gasteiger partial charge >= 0.3 is 21.8 Å². The van der Waals surface area contributed by atoms with Gasteiger partial charge in [0.05, 0.1) is 11.2 Å². The maximum Gasteiger partial charge on any atom is 0.534 e. The molecule has 2 aliphatic heterocycles. The standard InChI is InChI=1S/C23H23F6N3O5S/c1-14-13-30(2)21(18-8-7-17(32(14)18)19(33)22(24,25)26)9-11-31(12-10-21)20(34)15-3-5-16(6-4-15)37-38(35,36)23(27,28)29/h3-8,14H,9-13H2,1-2H3. The van der Waals surface area contributed by atoms with Crippen molar-refractivity contribution in [3.05, 3.63) is 53.3 Å². The van der Waals surface area contributed by atoms with Crippen molar-refractivity contribution in [3.8, 4) is 5.75 Å². The van der Waals surface area contributed by atoms with Crippen LogP contribution in [-0.2, 0) is 15.7 Å². The van der Waals surface area contributed by atoms with E-state index in [1.54, 1.807) is 6.92 Å². The van der Waals surface area contributed by atoms with Crippen LogP contribution in [0.2, 0.25) is 0 Å². The number of hydrogen-bond acceptors (Lipinski definition) is 6. The van der Waals surface area contributed by atoms with E-state index in [0.29, 0.717) is 25.1 Å². The molecule has 0 radical (unpaired) electrons. The van der Waals surface area contributed by atoms with Gasteiger partial charge in [-0.15, -0.1) is 0 Å². The fourth-order valence-electron chi connectivity index (χ4n) is 5.21. The first kappa shape index (κ1) is 28.0. The highest BCUT2D eigenvalue weighted by Gasteiger charge is 2.50. The number of carbonyl (C=O) groups is 2. The number of likely N-dealkylation sites (N-methyl/N-ethyl adjacent to an activating group) is 1. The first-order valence-electron chi connectivity index (χ1n) is 11.4. The van der Waals surface area contributed by atoms with Crippen LogP contribution in [0.5, 0.6) is 5.75 Å². The molecule has 2 aliphatic rings. The minimum Gasteiger partial charge on any atom is -0.376 e. The normalized spacial score (nSPS) is 20.3. The van der Waals surface area contributed by atoms with Gasteiger partial charge in [0.15, 0.2) is 0 Å². The van der Waals surface area contributed by atoms with Crippen LogP contribution in [0.4, 0.5) is 26.3 Å². The van der Waals surface area contributed by atoms with Crippen LogP contribution >= 0.6 is 0 Å². The molecule has 38 heavy (non-hydrogen) atoms. The number of fused-ring (bicyclic) bond motifs is 2. The lowest BCUT2D eigenvalue weighted by molar-refractivity contribution is -0.0894. The monoisotopic (exact) mass is 567 g/mol. The Morgan fingerprint density at radius 2 is 1.55 bits per heavy atom. The Kier molecular flexibility index (Phi) is 6.83. The maximum absolute atomic E-state index is 13.2. The number of alkyl halides is 6. The Hall–Kier alpha value is -3.07. The molecule has 0 bridgehead atoms. The quantitative estimate of drug-likeness (QED) is 0.239. The summed E-state index contributed by atoms with van der Waals surface area (Å²) in [6, 6.07) is 6.47. The Morgan fingerprint density at radius 1 is 0.974 bits per heavy atom. The van der Waals surface area contributed by atoms with Gasteiger partial charge in [-0.25, -0.2) is 0 Å². The zero-order chi connectivity index (χ0) is 28.3. The third-order valence-corrected chi connectivity index (χ3v) is 8.04. The van der Waals surface area contributed by atoms with Gasteiger partial charge in [-0.2, -0.15) is 34.8 Å². The minimum atomic E-state index is -5.85. The van der Waals surface area contributed by atoms with Crippen molar-refractivity contribution in [3.63, 3.8) is 0 Å². The largest absolute Gasteiger partial charge is 0.534 e. The second-order valence-electron chi connectivity index (χ2n) is 9.36. The van der Waals surface area contributed by atoms with Gasteiger partial charge in [-0.05, 0) is 63.2 Å². The lowest BCUT2D eigenvalue weighted by Gasteiger charge is -2.52. The summed E-state index contributed by atoms with van der Waals surface area (Å²) in [4.78, 5) is 28.6. The Labute approximate surface area is 213 Å². The molecule has 1 spiro atoms. The number of likely N-dealkylation sites (tertiary alicyclic amines) is 1. The summed E-state index contributed by atoms with van der Waals surface area (Å²) in [7, 11) is -4.01. The number of carbonyl (C=O) groups excluding carboxylic acids is 2. The predicted molar refractivity (Wildman–Crippen MR) is 121 cm³/mol. The first-order valence-corrected chi connectivity index (χ1v) is 12.8. The molecule has 208 valence electrons. The molecule has 1 unspecified atom stereocenters. The molecule has 0 N–H and O–H groups in total. The van der Waals surface area contributed by atoms with Gasteiger partial charge in [0.2, 0.25) is 0 Å². The lowest BCUT2D eigenvalue weighted by Crippen LogP contribution is -2.57. The molecular weight excluding hydrogens is 544 g/mol. The fourth-order valence-corrected chi connectivity index (χ4v) is 5.67. The Balaban J connectivity index is 1.51. The molecule has 0 aliphatic carbocycles. The van der Waals surface area contributed by atoms with E-state index in [1.165, 1.54) is 21.6 Å².